The van der Waals surface area contributed by atoms with Crippen LogP contribution in [-0.2, 0) is 19.6 Å². The SMILES string of the molecule is CNC(=O)CN(C)C(=O)c1ccc(N2CCNCC2)c(NS(=O)(=O)c2ccccc2C)c1.O=C(O)C(F)(F)F. The number of sulfonamides is 1. The lowest BCUT2D eigenvalue weighted by Crippen LogP contribution is -2.44. The molecule has 3 rings (SSSR count). The van der Waals surface area contributed by atoms with Gasteiger partial charge in [0.1, 0.15) is 0 Å². The number of aliphatic carboxylic acids is 1. The van der Waals surface area contributed by atoms with Crippen LogP contribution in [-0.4, -0.2) is 89.2 Å². The number of hydrogen-bond donors (Lipinski definition) is 4. The van der Waals surface area contributed by atoms with Gasteiger partial charge in [0.05, 0.1) is 22.8 Å². The normalized spacial score (nSPS) is 13.5. The molecule has 1 aliphatic rings. The quantitative estimate of drug-likeness (QED) is 0.391. The Hall–Kier alpha value is -3.85. The molecule has 2 aromatic carbocycles. The Morgan fingerprint density at radius 2 is 1.69 bits per heavy atom. The van der Waals surface area contributed by atoms with Crippen molar-refractivity contribution in [1.82, 2.24) is 15.5 Å². The second-order valence-corrected chi connectivity index (χ2v) is 10.1. The van der Waals surface area contributed by atoms with Gasteiger partial charge in [-0.25, -0.2) is 13.2 Å². The molecule has 2 amide bonds. The third-order valence-corrected chi connectivity index (χ3v) is 7.10. The van der Waals surface area contributed by atoms with Gasteiger partial charge in [-0.2, -0.15) is 13.2 Å². The van der Waals surface area contributed by atoms with Gasteiger partial charge >= 0.3 is 12.1 Å². The summed E-state index contributed by atoms with van der Waals surface area (Å²) in [6, 6.07) is 11.7. The number of carboxylic acids is 1. The number of rotatable bonds is 7. The number of piperazine rings is 1. The summed E-state index contributed by atoms with van der Waals surface area (Å²) in [5.41, 5.74) is 1.95. The van der Waals surface area contributed by atoms with Crippen molar-refractivity contribution >= 4 is 39.2 Å². The third-order valence-electron chi connectivity index (χ3n) is 5.58. The average molecular weight is 574 g/mol. The summed E-state index contributed by atoms with van der Waals surface area (Å²) < 4.78 is 60.8. The number of carboxylic acid groups (broad SMARTS) is 1. The second kappa shape index (κ2) is 13.3. The van der Waals surface area contributed by atoms with Crippen LogP contribution in [0.5, 0.6) is 0 Å². The van der Waals surface area contributed by atoms with Crippen LogP contribution in [0, 0.1) is 6.92 Å². The summed E-state index contributed by atoms with van der Waals surface area (Å²) >= 11 is 0. The van der Waals surface area contributed by atoms with E-state index in [1.165, 1.54) is 25.1 Å². The number of hydrogen-bond acceptors (Lipinski definition) is 7. The minimum absolute atomic E-state index is 0.0981. The number of nitrogens with one attached hydrogen (secondary N) is 3. The fourth-order valence-electron chi connectivity index (χ4n) is 3.58. The second-order valence-electron chi connectivity index (χ2n) is 8.48. The average Bonchev–Trinajstić information content (AvgIpc) is 2.88. The van der Waals surface area contributed by atoms with E-state index in [1.54, 1.807) is 43.3 Å². The van der Waals surface area contributed by atoms with Crippen LogP contribution in [0.3, 0.4) is 0 Å². The van der Waals surface area contributed by atoms with E-state index >= 15 is 0 Å². The number of alkyl halides is 3. The molecule has 1 saturated heterocycles. The summed E-state index contributed by atoms with van der Waals surface area (Å²) in [5, 5.41) is 12.9. The van der Waals surface area contributed by atoms with E-state index in [0.717, 1.165) is 13.1 Å². The number of carbonyl (C=O) groups is 3. The van der Waals surface area contributed by atoms with Crippen LogP contribution in [0.15, 0.2) is 47.4 Å². The lowest BCUT2D eigenvalue weighted by molar-refractivity contribution is -0.192. The van der Waals surface area contributed by atoms with Crippen molar-refractivity contribution in [2.75, 3.05) is 56.4 Å². The molecule has 39 heavy (non-hydrogen) atoms. The fraction of sp³-hybridized carbons (Fsp3) is 0.375. The molecule has 0 saturated carbocycles. The first-order valence-corrected chi connectivity index (χ1v) is 13.1. The first-order chi connectivity index (χ1) is 18.2. The summed E-state index contributed by atoms with van der Waals surface area (Å²) in [7, 11) is -0.844. The standard InChI is InChI=1S/C22H29N5O4S.C2HF3O2/c1-16-6-4-5-7-20(16)32(30,31)25-18-14-17(22(29)26(3)15-21(28)23-2)8-9-19(18)27-12-10-24-11-13-27;3-2(4,5)1(6)7/h4-9,14,24-25H,10-13,15H2,1-3H3,(H,23,28);(H,6,7). The largest absolute Gasteiger partial charge is 0.490 e. The number of aryl methyl sites for hydroxylation is 1. The van der Waals surface area contributed by atoms with Crippen molar-refractivity contribution in [2.45, 2.75) is 18.0 Å². The molecule has 1 heterocycles. The van der Waals surface area contributed by atoms with Crippen molar-refractivity contribution in [3.63, 3.8) is 0 Å². The lowest BCUT2D eigenvalue weighted by Gasteiger charge is -2.31. The van der Waals surface area contributed by atoms with Crippen LogP contribution in [0.2, 0.25) is 0 Å². The predicted octanol–water partition coefficient (Wildman–Crippen LogP) is 1.66. The van der Waals surface area contributed by atoms with E-state index in [4.69, 9.17) is 9.90 Å². The highest BCUT2D eigenvalue weighted by Gasteiger charge is 2.38. The van der Waals surface area contributed by atoms with Crippen LogP contribution in [0.1, 0.15) is 15.9 Å². The number of carbonyl (C=O) groups excluding carboxylic acids is 2. The van der Waals surface area contributed by atoms with Crippen LogP contribution < -0.4 is 20.3 Å². The Kier molecular flexibility index (Phi) is 10.7. The maximum Gasteiger partial charge on any atom is 0.490 e. The molecular weight excluding hydrogens is 543 g/mol. The molecule has 0 aromatic heterocycles. The molecule has 0 spiro atoms. The van der Waals surface area contributed by atoms with Gasteiger partial charge in [0.25, 0.3) is 15.9 Å². The lowest BCUT2D eigenvalue weighted by atomic mass is 10.1. The Labute approximate surface area is 224 Å². The number of likely N-dealkylation sites (N-methyl/N-ethyl adjacent to an activating group) is 2. The molecule has 1 fully saturated rings. The van der Waals surface area contributed by atoms with Crippen molar-refractivity contribution in [3.8, 4) is 0 Å². The van der Waals surface area contributed by atoms with Crippen LogP contribution in [0.4, 0.5) is 24.5 Å². The molecule has 0 unspecified atom stereocenters. The number of nitrogens with zero attached hydrogens (tertiary/aromatic N) is 2. The highest BCUT2D eigenvalue weighted by atomic mass is 32.2. The summed E-state index contributed by atoms with van der Waals surface area (Å²) in [5.74, 6) is -3.43. The molecule has 0 atom stereocenters. The van der Waals surface area contributed by atoms with Gasteiger partial charge in [-0.3, -0.25) is 14.3 Å². The van der Waals surface area contributed by atoms with Crippen LogP contribution in [0.25, 0.3) is 0 Å². The highest BCUT2D eigenvalue weighted by molar-refractivity contribution is 7.92. The number of benzene rings is 2. The molecule has 15 heteroatoms. The van der Waals surface area contributed by atoms with Gasteiger partial charge in [0, 0.05) is 45.8 Å². The van der Waals surface area contributed by atoms with E-state index < -0.39 is 22.2 Å². The third kappa shape index (κ3) is 8.85. The van der Waals surface area contributed by atoms with E-state index in [9.17, 15) is 31.2 Å². The molecule has 4 N–H and O–H groups in total. The van der Waals surface area contributed by atoms with Gasteiger partial charge in [-0.15, -0.1) is 0 Å². The Morgan fingerprint density at radius 3 is 2.23 bits per heavy atom. The smallest absolute Gasteiger partial charge is 0.475 e. The zero-order valence-electron chi connectivity index (χ0n) is 21.5. The van der Waals surface area contributed by atoms with E-state index in [2.05, 4.69) is 20.3 Å². The highest BCUT2D eigenvalue weighted by Crippen LogP contribution is 2.31. The van der Waals surface area contributed by atoms with E-state index in [0.29, 0.717) is 30.0 Å². The van der Waals surface area contributed by atoms with Gasteiger partial charge in [-0.1, -0.05) is 18.2 Å². The molecule has 0 radical (unpaired) electrons. The Bertz CT molecular complexity index is 1300. The predicted molar refractivity (Wildman–Crippen MR) is 138 cm³/mol. The minimum Gasteiger partial charge on any atom is -0.475 e. The minimum atomic E-state index is -5.08. The molecule has 11 nitrogen and oxygen atoms in total. The number of amides is 2. The van der Waals surface area contributed by atoms with E-state index in [1.807, 2.05) is 0 Å². The maximum absolute atomic E-state index is 13.2. The molecule has 0 aliphatic carbocycles. The Balaban J connectivity index is 0.000000673. The Morgan fingerprint density at radius 1 is 1.10 bits per heavy atom. The molecular formula is C24H30F3N5O6S. The summed E-state index contributed by atoms with van der Waals surface area (Å²) in [6.45, 7) is 4.61. The molecule has 0 bridgehead atoms. The van der Waals surface area contributed by atoms with Crippen molar-refractivity contribution < 1.29 is 41.1 Å². The van der Waals surface area contributed by atoms with Gasteiger partial charge in [0.15, 0.2) is 0 Å². The zero-order valence-corrected chi connectivity index (χ0v) is 22.3. The first-order valence-electron chi connectivity index (χ1n) is 11.6. The van der Waals surface area contributed by atoms with Crippen molar-refractivity contribution in [1.29, 1.82) is 0 Å². The van der Waals surface area contributed by atoms with Crippen molar-refractivity contribution in [2.24, 2.45) is 0 Å². The van der Waals surface area contributed by atoms with E-state index in [-0.39, 0.29) is 28.8 Å². The fourth-order valence-corrected chi connectivity index (χ4v) is 4.89. The van der Waals surface area contributed by atoms with Crippen molar-refractivity contribution in [3.05, 3.63) is 53.6 Å². The monoisotopic (exact) mass is 573 g/mol. The topological polar surface area (TPSA) is 148 Å². The molecule has 1 aliphatic heterocycles. The number of halogens is 3. The molecule has 214 valence electrons. The van der Waals surface area contributed by atoms with Gasteiger partial charge in [-0.05, 0) is 36.8 Å². The van der Waals surface area contributed by atoms with Crippen LogP contribution >= 0.6 is 0 Å². The maximum atomic E-state index is 13.2. The summed E-state index contributed by atoms with van der Waals surface area (Å²) in [4.78, 5) is 37.0. The zero-order chi connectivity index (χ0) is 29.4. The molecule has 2 aromatic rings. The van der Waals surface area contributed by atoms with Gasteiger partial charge in [0.2, 0.25) is 5.91 Å². The summed E-state index contributed by atoms with van der Waals surface area (Å²) in [6.07, 6.45) is -5.08. The first kappa shape index (κ1) is 31.4. The number of anilines is 2. The van der Waals surface area contributed by atoms with Gasteiger partial charge < -0.3 is 25.5 Å².